The molecule has 0 bridgehead atoms. The zero-order chi connectivity index (χ0) is 22.2. The summed E-state index contributed by atoms with van der Waals surface area (Å²) in [6, 6.07) is 18.0. The minimum Gasteiger partial charge on any atom is -0.297 e. The smallest absolute Gasteiger partial charge is 0.167 e. The van der Waals surface area contributed by atoms with Crippen LogP contribution in [0, 0.1) is 11.8 Å². The normalized spacial score (nSPS) is 25.7. The molecule has 1 saturated heterocycles. The molecule has 2 nitrogen and oxygen atoms in total. The number of fused-ring (bicyclic) bond motifs is 1. The first-order valence-electron chi connectivity index (χ1n) is 12.3. The summed E-state index contributed by atoms with van der Waals surface area (Å²) in [7, 11) is 0. The molecule has 2 aliphatic carbocycles. The molecule has 3 atom stereocenters. The van der Waals surface area contributed by atoms with E-state index in [2.05, 4.69) is 73.5 Å². The third-order valence-electron chi connectivity index (χ3n) is 8.30. The molecule has 2 fully saturated rings. The molecule has 5 rings (SSSR count). The largest absolute Gasteiger partial charge is 0.297 e. The second-order valence-electron chi connectivity index (χ2n) is 10.2. The fourth-order valence-corrected chi connectivity index (χ4v) is 6.28. The van der Waals surface area contributed by atoms with Gasteiger partial charge in [0.15, 0.2) is 5.78 Å². The van der Waals surface area contributed by atoms with Crippen LogP contribution in [-0.4, -0.2) is 23.8 Å². The number of carbonyl (C=O) groups is 1. The summed E-state index contributed by atoms with van der Waals surface area (Å²) < 4.78 is 0. The molecule has 0 N–H and O–H groups in total. The Labute approximate surface area is 193 Å². The predicted molar refractivity (Wildman–Crippen MR) is 132 cm³/mol. The number of ketones is 1. The molecular weight excluding hydrogens is 390 g/mol. The van der Waals surface area contributed by atoms with E-state index in [9.17, 15) is 4.79 Å². The van der Waals surface area contributed by atoms with Gasteiger partial charge in [0.1, 0.15) is 0 Å². The van der Waals surface area contributed by atoms with Crippen molar-refractivity contribution in [1.29, 1.82) is 0 Å². The topological polar surface area (TPSA) is 20.3 Å². The van der Waals surface area contributed by atoms with Crippen LogP contribution in [0.3, 0.4) is 0 Å². The van der Waals surface area contributed by atoms with Gasteiger partial charge in [-0.3, -0.25) is 9.69 Å². The van der Waals surface area contributed by atoms with Crippen LogP contribution in [0.25, 0.3) is 0 Å². The lowest BCUT2D eigenvalue weighted by molar-refractivity contribution is 0.0898. The van der Waals surface area contributed by atoms with Crippen LogP contribution in [0.1, 0.15) is 78.0 Å². The number of rotatable bonds is 4. The van der Waals surface area contributed by atoms with Gasteiger partial charge in [-0.25, -0.2) is 0 Å². The predicted octanol–water partition coefficient (Wildman–Crippen LogP) is 6.89. The van der Waals surface area contributed by atoms with Crippen LogP contribution in [0.2, 0.25) is 0 Å². The van der Waals surface area contributed by atoms with Crippen LogP contribution in [0.4, 0.5) is 0 Å². The summed E-state index contributed by atoms with van der Waals surface area (Å²) >= 11 is 0. The number of likely N-dealkylation sites (tertiary alicyclic amines) is 1. The molecule has 0 radical (unpaired) electrons. The number of Topliss-reactive ketones (excluding diaryl/α,β-unsaturated/α-hetero) is 1. The Kier molecular flexibility index (Phi) is 5.90. The number of hydrogen-bond donors (Lipinski definition) is 0. The highest BCUT2D eigenvalue weighted by Gasteiger charge is 2.38. The maximum absolute atomic E-state index is 13.2. The first-order chi connectivity index (χ1) is 15.5. The van der Waals surface area contributed by atoms with Crippen molar-refractivity contribution in [2.75, 3.05) is 13.1 Å². The molecule has 3 aliphatic rings. The van der Waals surface area contributed by atoms with E-state index >= 15 is 0 Å². The van der Waals surface area contributed by atoms with E-state index in [0.717, 1.165) is 44.3 Å². The fourth-order valence-electron chi connectivity index (χ4n) is 6.28. The van der Waals surface area contributed by atoms with Crippen molar-refractivity contribution in [3.63, 3.8) is 0 Å². The summed E-state index contributed by atoms with van der Waals surface area (Å²) in [6.07, 6.45) is 6.24. The molecule has 1 aliphatic heterocycles. The lowest BCUT2D eigenvalue weighted by atomic mass is 9.74. The highest BCUT2D eigenvalue weighted by molar-refractivity contribution is 6.02. The molecule has 2 aromatic carbocycles. The number of hydrogen-bond acceptors (Lipinski definition) is 2. The minimum atomic E-state index is 0.0921. The lowest BCUT2D eigenvalue weighted by Gasteiger charge is -2.36. The Morgan fingerprint density at radius 1 is 0.969 bits per heavy atom. The molecule has 32 heavy (non-hydrogen) atoms. The molecule has 166 valence electrons. The minimum absolute atomic E-state index is 0.0921. The number of piperidine rings is 1. The average Bonchev–Trinajstić information content (AvgIpc) is 3.15. The molecule has 3 unspecified atom stereocenters. The van der Waals surface area contributed by atoms with Gasteiger partial charge < -0.3 is 0 Å². The van der Waals surface area contributed by atoms with Crippen molar-refractivity contribution < 1.29 is 4.79 Å². The third-order valence-corrected chi connectivity index (χ3v) is 8.30. The Morgan fingerprint density at radius 3 is 2.44 bits per heavy atom. The molecule has 2 aromatic rings. The van der Waals surface area contributed by atoms with Gasteiger partial charge in [-0.2, -0.15) is 0 Å². The first-order valence-corrected chi connectivity index (χ1v) is 12.3. The van der Waals surface area contributed by atoms with Gasteiger partial charge in [-0.05, 0) is 87.1 Å². The number of benzene rings is 2. The molecule has 1 heterocycles. The Hall–Kier alpha value is -2.45. The van der Waals surface area contributed by atoms with E-state index in [1.165, 1.54) is 40.7 Å². The fraction of sp³-hybridized carbons (Fsp3) is 0.433. The van der Waals surface area contributed by atoms with E-state index in [0.29, 0.717) is 23.7 Å². The molecule has 2 heteroatoms. The van der Waals surface area contributed by atoms with E-state index in [4.69, 9.17) is 0 Å². The summed E-state index contributed by atoms with van der Waals surface area (Å²) in [6.45, 7) is 13.0. The SMILES string of the molecule is C=C1CCC(C2Cc3cc(C4CCN(C(C)c5ccccc5)CC4)ccc3C2=O)C(=C)C1. The van der Waals surface area contributed by atoms with E-state index in [1.807, 2.05) is 0 Å². The zero-order valence-electron chi connectivity index (χ0n) is 19.4. The summed E-state index contributed by atoms with van der Waals surface area (Å²) in [5.41, 5.74) is 7.55. The van der Waals surface area contributed by atoms with Crippen LogP contribution < -0.4 is 0 Å². The third kappa shape index (κ3) is 4.01. The highest BCUT2D eigenvalue weighted by Crippen LogP contribution is 2.43. The lowest BCUT2D eigenvalue weighted by Crippen LogP contribution is -2.35. The summed E-state index contributed by atoms with van der Waals surface area (Å²) in [5.74, 6) is 1.36. The van der Waals surface area contributed by atoms with Crippen LogP contribution in [-0.2, 0) is 6.42 Å². The van der Waals surface area contributed by atoms with Gasteiger partial charge in [0.2, 0.25) is 0 Å². The Balaban J connectivity index is 1.25. The van der Waals surface area contributed by atoms with Crippen molar-refractivity contribution >= 4 is 5.78 Å². The number of allylic oxidation sites excluding steroid dienone is 2. The van der Waals surface area contributed by atoms with E-state index in [1.54, 1.807) is 0 Å². The monoisotopic (exact) mass is 425 g/mol. The second-order valence-corrected chi connectivity index (χ2v) is 10.2. The zero-order valence-corrected chi connectivity index (χ0v) is 19.4. The second kappa shape index (κ2) is 8.83. The summed E-state index contributed by atoms with van der Waals surface area (Å²) in [5, 5.41) is 0. The summed E-state index contributed by atoms with van der Waals surface area (Å²) in [4.78, 5) is 15.8. The standard InChI is InChI=1S/C30H35NO/c1-20-9-11-27(21(2)17-20)29-19-26-18-25(10-12-28(26)30(29)32)24-13-15-31(16-14-24)22(3)23-7-5-4-6-8-23/h4-8,10,12,18,22,24,27,29H,1-2,9,11,13-17,19H2,3H3. The molecule has 0 spiro atoms. The van der Waals surface area contributed by atoms with Gasteiger partial charge in [0.25, 0.3) is 0 Å². The molecule has 1 saturated carbocycles. The molecule has 0 aromatic heterocycles. The first kappa shape index (κ1) is 21.4. The maximum Gasteiger partial charge on any atom is 0.167 e. The maximum atomic E-state index is 13.2. The van der Waals surface area contributed by atoms with Gasteiger partial charge >= 0.3 is 0 Å². The van der Waals surface area contributed by atoms with Crippen molar-refractivity contribution in [2.45, 2.75) is 57.4 Å². The van der Waals surface area contributed by atoms with E-state index < -0.39 is 0 Å². The highest BCUT2D eigenvalue weighted by atomic mass is 16.1. The van der Waals surface area contributed by atoms with Crippen molar-refractivity contribution in [3.8, 4) is 0 Å². The number of carbonyl (C=O) groups excluding carboxylic acids is 1. The van der Waals surface area contributed by atoms with E-state index in [-0.39, 0.29) is 5.92 Å². The van der Waals surface area contributed by atoms with Gasteiger partial charge in [0, 0.05) is 17.5 Å². The molecule has 0 amide bonds. The van der Waals surface area contributed by atoms with Crippen molar-refractivity contribution in [2.24, 2.45) is 11.8 Å². The average molecular weight is 426 g/mol. The van der Waals surface area contributed by atoms with Crippen molar-refractivity contribution in [1.82, 2.24) is 4.90 Å². The molecular formula is C30H35NO. The van der Waals surface area contributed by atoms with Gasteiger partial charge in [0.05, 0.1) is 0 Å². The van der Waals surface area contributed by atoms with Crippen LogP contribution in [0.5, 0.6) is 0 Å². The van der Waals surface area contributed by atoms with Crippen LogP contribution in [0.15, 0.2) is 72.8 Å². The quantitative estimate of drug-likeness (QED) is 0.497. The van der Waals surface area contributed by atoms with Gasteiger partial charge in [-0.15, -0.1) is 0 Å². The Morgan fingerprint density at radius 2 is 1.72 bits per heavy atom. The number of nitrogens with zero attached hydrogens (tertiary/aromatic N) is 1. The van der Waals surface area contributed by atoms with Crippen molar-refractivity contribution in [3.05, 3.63) is 95.1 Å². The van der Waals surface area contributed by atoms with Gasteiger partial charge in [-0.1, -0.05) is 72.8 Å². The Bertz CT molecular complexity index is 1030. The van der Waals surface area contributed by atoms with Crippen LogP contribution >= 0.6 is 0 Å².